The van der Waals surface area contributed by atoms with Crippen LogP contribution in [0.5, 0.6) is 0 Å². The summed E-state index contributed by atoms with van der Waals surface area (Å²) in [5.74, 6) is 0. The van der Waals surface area contributed by atoms with Crippen molar-refractivity contribution in [1.82, 2.24) is 4.57 Å². The Labute approximate surface area is 400 Å². The fraction of sp³-hybridized carbons (Fsp3) is 0.194. The first-order chi connectivity index (χ1) is 32.1. The minimum absolute atomic E-state index is 0.00647. The van der Waals surface area contributed by atoms with Gasteiger partial charge in [0, 0.05) is 43.8 Å². The maximum atomic E-state index is 2.66. The molecule has 2 aromatic heterocycles. The van der Waals surface area contributed by atoms with E-state index >= 15 is 0 Å². The molecule has 0 unspecified atom stereocenters. The molecule has 0 atom stereocenters. The summed E-state index contributed by atoms with van der Waals surface area (Å²) in [6.45, 7) is 20.9. The maximum absolute atomic E-state index is 2.66. The van der Waals surface area contributed by atoms with Crippen LogP contribution >= 0.6 is 11.3 Å². The number of hydrogen-bond acceptors (Lipinski definition) is 3. The molecule has 0 spiro atoms. The number of benzene rings is 8. The number of rotatable bonds is 4. The van der Waals surface area contributed by atoms with Crippen molar-refractivity contribution in [2.45, 2.75) is 78.6 Å². The van der Waals surface area contributed by atoms with E-state index in [0.29, 0.717) is 0 Å². The molecule has 5 heteroatoms. The Morgan fingerprint density at radius 2 is 0.955 bits per heavy atom. The van der Waals surface area contributed by atoms with Crippen molar-refractivity contribution in [3.8, 4) is 16.8 Å². The minimum atomic E-state index is -0.0381. The second kappa shape index (κ2) is 14.8. The molecule has 10 aromatic rings. The Kier molecular flexibility index (Phi) is 9.22. The number of fused-ring (bicyclic) bond motifs is 9. The Balaban J connectivity index is 1.25. The van der Waals surface area contributed by atoms with Gasteiger partial charge in [-0.15, -0.1) is 11.3 Å². The molecule has 0 bridgehead atoms. The number of thiophene rings is 1. The number of aromatic nitrogens is 1. The molecule has 4 heterocycles. The highest BCUT2D eigenvalue weighted by atomic mass is 32.1. The number of hydrogen-bond donors (Lipinski definition) is 0. The number of nitrogens with zero attached hydrogens (tertiary/aromatic N) is 3. The van der Waals surface area contributed by atoms with Crippen LogP contribution in [0.4, 0.5) is 33.4 Å². The van der Waals surface area contributed by atoms with Crippen LogP contribution in [0.3, 0.4) is 0 Å². The van der Waals surface area contributed by atoms with Gasteiger partial charge in [-0.25, -0.2) is 0 Å². The van der Waals surface area contributed by atoms with E-state index in [-0.39, 0.29) is 23.0 Å². The molecule has 0 N–H and O–H groups in total. The van der Waals surface area contributed by atoms with Crippen molar-refractivity contribution in [3.63, 3.8) is 0 Å². The van der Waals surface area contributed by atoms with Gasteiger partial charge in [0.15, 0.2) is 0 Å². The lowest BCUT2D eigenvalue weighted by atomic mass is 9.33. The van der Waals surface area contributed by atoms with Crippen LogP contribution in [0, 0.1) is 0 Å². The molecule has 8 aromatic carbocycles. The highest BCUT2D eigenvalue weighted by Crippen LogP contribution is 2.52. The summed E-state index contributed by atoms with van der Waals surface area (Å²) in [5, 5.41) is 5.12. The third-order valence-electron chi connectivity index (χ3n) is 14.5. The molecule has 0 saturated carbocycles. The summed E-state index contributed by atoms with van der Waals surface area (Å²) in [5.41, 5.74) is 20.0. The van der Waals surface area contributed by atoms with Crippen molar-refractivity contribution >= 4 is 99.8 Å². The number of anilines is 6. The summed E-state index contributed by atoms with van der Waals surface area (Å²) < 4.78 is 3.83. The van der Waals surface area contributed by atoms with Crippen LogP contribution in [0.1, 0.15) is 79.0 Å². The van der Waals surface area contributed by atoms with Crippen molar-refractivity contribution < 1.29 is 0 Å². The van der Waals surface area contributed by atoms with Gasteiger partial charge in [-0.1, -0.05) is 178 Å². The lowest BCUT2D eigenvalue weighted by Gasteiger charge is -2.44. The van der Waals surface area contributed by atoms with Gasteiger partial charge < -0.3 is 14.4 Å². The smallest absolute Gasteiger partial charge is 0.254 e. The normalized spacial score (nSPS) is 13.7. The van der Waals surface area contributed by atoms with Gasteiger partial charge >= 0.3 is 0 Å². The van der Waals surface area contributed by atoms with E-state index in [4.69, 9.17) is 0 Å². The van der Waals surface area contributed by atoms with Gasteiger partial charge in [-0.3, -0.25) is 0 Å². The molecule has 2 aliphatic heterocycles. The van der Waals surface area contributed by atoms with Crippen LogP contribution in [0.2, 0.25) is 0 Å². The molecule has 0 amide bonds. The zero-order valence-corrected chi connectivity index (χ0v) is 40.9. The maximum Gasteiger partial charge on any atom is 0.254 e. The molecule has 328 valence electrons. The Morgan fingerprint density at radius 3 is 1.61 bits per heavy atom. The molecule has 0 radical (unpaired) electrons. The Bertz CT molecular complexity index is 3540. The molecule has 0 aliphatic carbocycles. The number of para-hydroxylation sites is 3. The SMILES string of the molecule is CC(C)(C)c1ccc(N2c3ccccc3B3c4c2cc(-n2c5ccccc5c5ccccc52)cc4N(c2ccc(C(C)(C)C)cc2-c2ccccc2)c2sc4cc(C(C)(C)C)ccc4c23)cc1. The summed E-state index contributed by atoms with van der Waals surface area (Å²) in [7, 11) is 0. The Morgan fingerprint density at radius 1 is 0.403 bits per heavy atom. The summed E-state index contributed by atoms with van der Waals surface area (Å²) >= 11 is 1.95. The predicted molar refractivity (Wildman–Crippen MR) is 292 cm³/mol. The highest BCUT2D eigenvalue weighted by Gasteiger charge is 2.46. The topological polar surface area (TPSA) is 11.4 Å². The molecule has 0 fully saturated rings. The van der Waals surface area contributed by atoms with Gasteiger partial charge in [0.2, 0.25) is 0 Å². The van der Waals surface area contributed by atoms with Gasteiger partial charge in [0.05, 0.1) is 27.4 Å². The van der Waals surface area contributed by atoms with E-state index in [0.717, 1.165) is 11.4 Å². The van der Waals surface area contributed by atoms with E-state index in [1.807, 2.05) is 11.3 Å². The van der Waals surface area contributed by atoms with Crippen LogP contribution in [0.25, 0.3) is 48.7 Å². The molecule has 3 nitrogen and oxygen atoms in total. The standard InChI is InChI=1S/C62H56BN3S/c1-60(2,3)40-27-31-43(32-28-40)64-53-26-18-15-23-49(53)63-57-47-33-29-42(62(7,8)9)36-56(47)67-59(57)66(52-34-30-41(61(4,5)6)35-48(52)39-19-11-10-12-20-39)55-38-44(37-54(64)58(55)63)65-50-24-16-13-21-45(50)46-22-14-17-25-51(46)65/h10-38H,1-9H3. The zero-order valence-electron chi connectivity index (χ0n) is 40.1. The van der Waals surface area contributed by atoms with Crippen molar-refractivity contribution in [3.05, 3.63) is 193 Å². The average molecular weight is 886 g/mol. The Hall–Kier alpha value is -6.82. The molecule has 2 aliphatic rings. The second-order valence-corrected chi connectivity index (χ2v) is 22.9. The quantitative estimate of drug-likeness (QED) is 0.163. The van der Waals surface area contributed by atoms with Gasteiger partial charge in [0.25, 0.3) is 6.71 Å². The van der Waals surface area contributed by atoms with E-state index in [9.17, 15) is 0 Å². The van der Waals surface area contributed by atoms with E-state index in [1.165, 1.54) is 104 Å². The van der Waals surface area contributed by atoms with Crippen LogP contribution in [-0.2, 0) is 16.2 Å². The largest absolute Gasteiger partial charge is 0.311 e. The van der Waals surface area contributed by atoms with E-state index in [2.05, 4.69) is 253 Å². The van der Waals surface area contributed by atoms with Gasteiger partial charge in [0.1, 0.15) is 0 Å². The predicted octanol–water partition coefficient (Wildman–Crippen LogP) is 15.6. The first-order valence-corrected chi connectivity index (χ1v) is 24.7. The third-order valence-corrected chi connectivity index (χ3v) is 15.6. The average Bonchev–Trinajstić information content (AvgIpc) is 3.86. The molecule has 0 saturated heterocycles. The first-order valence-electron chi connectivity index (χ1n) is 23.9. The first kappa shape index (κ1) is 41.6. The molecular formula is C62H56BN3S. The highest BCUT2D eigenvalue weighted by molar-refractivity contribution is 7.26. The fourth-order valence-corrected chi connectivity index (χ4v) is 12.2. The molecule has 67 heavy (non-hydrogen) atoms. The second-order valence-electron chi connectivity index (χ2n) is 21.9. The fourth-order valence-electron chi connectivity index (χ4n) is 10.9. The monoisotopic (exact) mass is 885 g/mol. The van der Waals surface area contributed by atoms with Crippen molar-refractivity contribution in [1.29, 1.82) is 0 Å². The van der Waals surface area contributed by atoms with E-state index < -0.39 is 0 Å². The molecule has 12 rings (SSSR count). The van der Waals surface area contributed by atoms with Crippen molar-refractivity contribution in [2.24, 2.45) is 0 Å². The van der Waals surface area contributed by atoms with E-state index in [1.54, 1.807) is 0 Å². The van der Waals surface area contributed by atoms with Crippen LogP contribution in [0.15, 0.2) is 176 Å². The van der Waals surface area contributed by atoms with Crippen LogP contribution < -0.4 is 26.2 Å². The van der Waals surface area contributed by atoms with Gasteiger partial charge in [-0.05, 0) is 121 Å². The van der Waals surface area contributed by atoms with Gasteiger partial charge in [-0.2, -0.15) is 0 Å². The van der Waals surface area contributed by atoms with Crippen LogP contribution in [-0.4, -0.2) is 11.3 Å². The zero-order chi connectivity index (χ0) is 46.1. The summed E-state index contributed by atoms with van der Waals surface area (Å²) in [4.78, 5) is 5.22. The summed E-state index contributed by atoms with van der Waals surface area (Å²) in [6, 6.07) is 67.0. The lowest BCUT2D eigenvalue weighted by Crippen LogP contribution is -2.61. The summed E-state index contributed by atoms with van der Waals surface area (Å²) in [6.07, 6.45) is 0. The van der Waals surface area contributed by atoms with Crippen molar-refractivity contribution in [2.75, 3.05) is 9.80 Å². The third kappa shape index (κ3) is 6.53. The lowest BCUT2D eigenvalue weighted by molar-refractivity contribution is 0.590. The minimum Gasteiger partial charge on any atom is -0.311 e. The molecular weight excluding hydrogens is 830 g/mol.